The fourth-order valence-electron chi connectivity index (χ4n) is 4.05. The van der Waals surface area contributed by atoms with Crippen LogP contribution in [0.3, 0.4) is 0 Å². The Morgan fingerprint density at radius 3 is 2.54 bits per heavy atom. The number of carbonyl (C=O) groups excluding carboxylic acids is 2. The SMILES string of the molecule is COC[C@@H](COCCC(=O)N1CCN(c2ncc(C)cn2)CC1)NC1CNNC(=O)C1C(F)(F)F. The quantitative estimate of drug-likeness (QED) is 0.367. The molecule has 1 aromatic heterocycles. The summed E-state index contributed by atoms with van der Waals surface area (Å²) in [6.07, 6.45) is -1.03. The number of aryl methyl sites for hydroxylation is 1. The molecule has 11 nitrogen and oxygen atoms in total. The van der Waals surface area contributed by atoms with Crippen LogP contribution in [0.5, 0.6) is 0 Å². The molecule has 2 saturated heterocycles. The maximum absolute atomic E-state index is 13.3. The van der Waals surface area contributed by atoms with Crippen molar-refractivity contribution >= 4 is 17.8 Å². The van der Waals surface area contributed by atoms with Gasteiger partial charge in [-0.15, -0.1) is 0 Å². The standard InChI is InChI=1S/C21H32F3N7O4/c1-14-9-25-20(26-10-14)31-6-4-30(5-7-31)17(32)3-8-35-13-15(12-34-2)28-16-11-27-29-19(33)18(16)21(22,23)24/h9-10,15-16,18,27-28H,3-8,11-13H2,1-2H3,(H,29,33)/t15-,16?,18?/m0/s1. The van der Waals surface area contributed by atoms with Crippen LogP contribution in [0.25, 0.3) is 0 Å². The van der Waals surface area contributed by atoms with Crippen LogP contribution >= 0.6 is 0 Å². The molecule has 3 atom stereocenters. The zero-order valence-corrected chi connectivity index (χ0v) is 19.8. The van der Waals surface area contributed by atoms with Gasteiger partial charge >= 0.3 is 6.18 Å². The van der Waals surface area contributed by atoms with Gasteiger partial charge in [0.25, 0.3) is 0 Å². The molecule has 0 radical (unpaired) electrons. The van der Waals surface area contributed by atoms with Gasteiger partial charge in [0.1, 0.15) is 0 Å². The number of halogens is 3. The Morgan fingerprint density at radius 1 is 1.23 bits per heavy atom. The van der Waals surface area contributed by atoms with Gasteiger partial charge < -0.3 is 24.6 Å². The molecule has 196 valence electrons. The Bertz CT molecular complexity index is 835. The van der Waals surface area contributed by atoms with Crippen LogP contribution < -0.4 is 21.1 Å². The summed E-state index contributed by atoms with van der Waals surface area (Å²) in [4.78, 5) is 36.7. The maximum atomic E-state index is 13.3. The highest BCUT2D eigenvalue weighted by Gasteiger charge is 2.51. The Morgan fingerprint density at radius 2 is 1.91 bits per heavy atom. The number of nitrogens with one attached hydrogen (secondary N) is 3. The zero-order valence-electron chi connectivity index (χ0n) is 19.8. The summed E-state index contributed by atoms with van der Waals surface area (Å²) in [6, 6.07) is -1.77. The highest BCUT2D eigenvalue weighted by molar-refractivity contribution is 5.80. The molecule has 2 amide bonds. The first kappa shape index (κ1) is 27.0. The molecule has 2 aliphatic heterocycles. The normalized spacial score (nSPS) is 22.1. The first-order valence-electron chi connectivity index (χ1n) is 11.4. The van der Waals surface area contributed by atoms with Crippen LogP contribution in [-0.2, 0) is 19.1 Å². The Kier molecular flexibility index (Phi) is 9.60. The molecule has 3 heterocycles. The molecule has 2 fully saturated rings. The number of hydrogen-bond donors (Lipinski definition) is 3. The van der Waals surface area contributed by atoms with Gasteiger partial charge in [-0.25, -0.2) is 15.4 Å². The van der Waals surface area contributed by atoms with E-state index < -0.39 is 30.1 Å². The van der Waals surface area contributed by atoms with Crippen molar-refractivity contribution in [3.05, 3.63) is 18.0 Å². The number of ether oxygens (including phenoxy) is 2. The molecule has 0 bridgehead atoms. The minimum Gasteiger partial charge on any atom is -0.383 e. The Hall–Kier alpha value is -2.55. The number of hydrogen-bond acceptors (Lipinski definition) is 9. The van der Waals surface area contributed by atoms with Crippen LogP contribution in [0.4, 0.5) is 19.1 Å². The van der Waals surface area contributed by atoms with E-state index in [9.17, 15) is 22.8 Å². The molecule has 2 unspecified atom stereocenters. The van der Waals surface area contributed by atoms with Crippen molar-refractivity contribution in [3.8, 4) is 0 Å². The van der Waals surface area contributed by atoms with Crippen molar-refractivity contribution in [3.63, 3.8) is 0 Å². The van der Waals surface area contributed by atoms with E-state index >= 15 is 0 Å². The lowest BCUT2D eigenvalue weighted by molar-refractivity contribution is -0.193. The highest BCUT2D eigenvalue weighted by Crippen LogP contribution is 2.30. The third-order valence-electron chi connectivity index (χ3n) is 5.85. The van der Waals surface area contributed by atoms with Crippen molar-refractivity contribution in [2.24, 2.45) is 5.92 Å². The van der Waals surface area contributed by atoms with Crippen LogP contribution in [0.2, 0.25) is 0 Å². The lowest BCUT2D eigenvalue weighted by Gasteiger charge is -2.35. The number of rotatable bonds is 10. The third-order valence-corrected chi connectivity index (χ3v) is 5.85. The highest BCUT2D eigenvalue weighted by atomic mass is 19.4. The van der Waals surface area contributed by atoms with Gasteiger partial charge in [0, 0.05) is 58.3 Å². The molecule has 1 aromatic rings. The number of aromatic nitrogens is 2. The van der Waals surface area contributed by atoms with Crippen LogP contribution in [0.15, 0.2) is 12.4 Å². The molecule has 3 N–H and O–H groups in total. The molecule has 0 aromatic carbocycles. The van der Waals surface area contributed by atoms with Crippen molar-refractivity contribution in [2.75, 3.05) is 64.6 Å². The molecular weight excluding hydrogens is 471 g/mol. The Balaban J connectivity index is 1.40. The molecule has 0 spiro atoms. The summed E-state index contributed by atoms with van der Waals surface area (Å²) in [5.41, 5.74) is 5.46. The van der Waals surface area contributed by atoms with E-state index in [0.29, 0.717) is 32.1 Å². The molecule has 2 aliphatic rings. The first-order chi connectivity index (χ1) is 16.7. The second kappa shape index (κ2) is 12.4. The maximum Gasteiger partial charge on any atom is 0.402 e. The lowest BCUT2D eigenvalue weighted by atomic mass is 9.96. The monoisotopic (exact) mass is 503 g/mol. The lowest BCUT2D eigenvalue weighted by Crippen LogP contribution is -2.65. The van der Waals surface area contributed by atoms with Gasteiger partial charge in [0.15, 0.2) is 5.92 Å². The number of piperazine rings is 1. The molecule has 14 heteroatoms. The molecular formula is C21H32F3N7O4. The summed E-state index contributed by atoms with van der Waals surface area (Å²) in [5, 5.41) is 2.81. The minimum atomic E-state index is -4.69. The van der Waals surface area contributed by atoms with Gasteiger partial charge in [-0.3, -0.25) is 15.0 Å². The van der Waals surface area contributed by atoms with Gasteiger partial charge in [-0.1, -0.05) is 0 Å². The zero-order chi connectivity index (χ0) is 25.4. The van der Waals surface area contributed by atoms with E-state index in [1.165, 1.54) is 7.11 Å². The molecule has 35 heavy (non-hydrogen) atoms. The number of amides is 2. The number of nitrogens with zero attached hydrogens (tertiary/aromatic N) is 4. The number of carbonyl (C=O) groups is 2. The van der Waals surface area contributed by atoms with Crippen molar-refractivity contribution in [1.82, 2.24) is 31.0 Å². The van der Waals surface area contributed by atoms with Crippen molar-refractivity contribution < 1.29 is 32.2 Å². The molecule has 0 aliphatic carbocycles. The van der Waals surface area contributed by atoms with E-state index in [1.807, 2.05) is 17.2 Å². The molecule has 0 saturated carbocycles. The van der Waals surface area contributed by atoms with E-state index in [-0.39, 0.29) is 38.7 Å². The van der Waals surface area contributed by atoms with Crippen molar-refractivity contribution in [1.29, 1.82) is 0 Å². The Labute approximate surface area is 201 Å². The smallest absolute Gasteiger partial charge is 0.383 e. The number of anilines is 1. The minimum absolute atomic E-state index is 0.0301. The number of methoxy groups -OCH3 is 1. The predicted octanol–water partition coefficient (Wildman–Crippen LogP) is -0.374. The number of alkyl halides is 3. The van der Waals surface area contributed by atoms with Gasteiger partial charge in [0.05, 0.1) is 32.3 Å². The largest absolute Gasteiger partial charge is 0.402 e. The second-order valence-corrected chi connectivity index (χ2v) is 8.57. The van der Waals surface area contributed by atoms with E-state index in [2.05, 4.69) is 20.7 Å². The fourth-order valence-corrected chi connectivity index (χ4v) is 4.05. The summed E-state index contributed by atoms with van der Waals surface area (Å²) in [5.74, 6) is -2.75. The van der Waals surface area contributed by atoms with Crippen molar-refractivity contribution in [2.45, 2.75) is 31.6 Å². The van der Waals surface area contributed by atoms with E-state index in [1.54, 1.807) is 17.3 Å². The summed E-state index contributed by atoms with van der Waals surface area (Å²) >= 11 is 0. The second-order valence-electron chi connectivity index (χ2n) is 8.57. The third kappa shape index (κ3) is 7.72. The summed E-state index contributed by atoms with van der Waals surface area (Å²) in [7, 11) is 1.42. The molecule has 3 rings (SSSR count). The van der Waals surface area contributed by atoms with Gasteiger partial charge in [0.2, 0.25) is 17.8 Å². The van der Waals surface area contributed by atoms with E-state index in [4.69, 9.17) is 9.47 Å². The first-order valence-corrected chi connectivity index (χ1v) is 11.4. The van der Waals surface area contributed by atoms with Crippen LogP contribution in [-0.4, -0.2) is 105 Å². The average molecular weight is 504 g/mol. The van der Waals surface area contributed by atoms with E-state index in [0.717, 1.165) is 5.56 Å². The fraction of sp³-hybridized carbons (Fsp3) is 0.714. The van der Waals surface area contributed by atoms with Gasteiger partial charge in [-0.05, 0) is 12.5 Å². The van der Waals surface area contributed by atoms with Crippen LogP contribution in [0, 0.1) is 12.8 Å². The van der Waals surface area contributed by atoms with Crippen LogP contribution in [0.1, 0.15) is 12.0 Å². The summed E-state index contributed by atoms with van der Waals surface area (Å²) < 4.78 is 50.7. The topological polar surface area (TPSA) is 121 Å². The average Bonchev–Trinajstić information content (AvgIpc) is 2.81. The number of hydrazine groups is 1. The van der Waals surface area contributed by atoms with Gasteiger partial charge in [-0.2, -0.15) is 13.2 Å². The predicted molar refractivity (Wildman–Crippen MR) is 119 cm³/mol. The summed E-state index contributed by atoms with van der Waals surface area (Å²) in [6.45, 7) is 4.38.